The molecule has 2 N–H and O–H groups in total. The van der Waals surface area contributed by atoms with Crippen LogP contribution in [0.15, 0.2) is 29.2 Å². The van der Waals surface area contributed by atoms with Crippen LogP contribution in [0.2, 0.25) is 0 Å². The Morgan fingerprint density at radius 2 is 2.13 bits per heavy atom. The lowest BCUT2D eigenvalue weighted by Gasteiger charge is -2.26. The molecule has 23 heavy (non-hydrogen) atoms. The summed E-state index contributed by atoms with van der Waals surface area (Å²) in [6.07, 6.45) is 0.408. The molecule has 126 valence electrons. The molecule has 1 aliphatic rings. The average Bonchev–Trinajstić information content (AvgIpc) is 2.94. The van der Waals surface area contributed by atoms with Gasteiger partial charge in [-0.25, -0.2) is 0 Å². The number of ether oxygens (including phenoxy) is 2. The SMILES string of the molecule is CCOc1ccc(SCC(=O)NC2(CC(=O)O)CCOC2)cc1. The van der Waals surface area contributed by atoms with Crippen molar-refractivity contribution in [1.29, 1.82) is 0 Å². The van der Waals surface area contributed by atoms with Gasteiger partial charge in [-0.2, -0.15) is 0 Å². The summed E-state index contributed by atoms with van der Waals surface area (Å²) in [4.78, 5) is 24.1. The number of rotatable bonds is 8. The predicted molar refractivity (Wildman–Crippen MR) is 86.9 cm³/mol. The third-order valence-electron chi connectivity index (χ3n) is 3.50. The van der Waals surface area contributed by atoms with Crippen molar-refractivity contribution in [1.82, 2.24) is 5.32 Å². The van der Waals surface area contributed by atoms with Crippen molar-refractivity contribution in [2.45, 2.75) is 30.2 Å². The second-order valence-corrected chi connectivity index (χ2v) is 6.44. The predicted octanol–water partition coefficient (Wildman–Crippen LogP) is 1.93. The minimum atomic E-state index is -0.935. The molecule has 7 heteroatoms. The third kappa shape index (κ3) is 5.44. The lowest BCUT2D eigenvalue weighted by molar-refractivity contribution is -0.139. The molecule has 0 radical (unpaired) electrons. The first-order valence-electron chi connectivity index (χ1n) is 7.49. The van der Waals surface area contributed by atoms with Gasteiger partial charge < -0.3 is 19.9 Å². The molecule has 1 saturated heterocycles. The van der Waals surface area contributed by atoms with Crippen LogP contribution >= 0.6 is 11.8 Å². The maximum atomic E-state index is 12.1. The molecule has 0 spiro atoms. The number of carboxylic acid groups (broad SMARTS) is 1. The first-order chi connectivity index (χ1) is 11.0. The number of benzene rings is 1. The van der Waals surface area contributed by atoms with Crippen LogP contribution in [0.3, 0.4) is 0 Å². The minimum Gasteiger partial charge on any atom is -0.494 e. The molecular formula is C16H21NO5S. The quantitative estimate of drug-likeness (QED) is 0.704. The lowest BCUT2D eigenvalue weighted by Crippen LogP contribution is -2.51. The Kier molecular flexibility index (Phi) is 6.29. The van der Waals surface area contributed by atoms with E-state index in [2.05, 4.69) is 5.32 Å². The Hall–Kier alpha value is -1.73. The zero-order chi connectivity index (χ0) is 16.7. The van der Waals surface area contributed by atoms with Gasteiger partial charge in [0.25, 0.3) is 0 Å². The van der Waals surface area contributed by atoms with Crippen LogP contribution in [0.4, 0.5) is 0 Å². The van der Waals surface area contributed by atoms with Crippen LogP contribution < -0.4 is 10.1 Å². The Morgan fingerprint density at radius 1 is 1.39 bits per heavy atom. The summed E-state index contributed by atoms with van der Waals surface area (Å²) in [5.41, 5.74) is -0.775. The Morgan fingerprint density at radius 3 is 2.70 bits per heavy atom. The summed E-state index contributed by atoms with van der Waals surface area (Å²) in [5, 5.41) is 11.8. The van der Waals surface area contributed by atoms with Crippen LogP contribution in [0.1, 0.15) is 19.8 Å². The summed E-state index contributed by atoms with van der Waals surface area (Å²) < 4.78 is 10.6. The lowest BCUT2D eigenvalue weighted by atomic mass is 9.94. The number of hydrogen-bond acceptors (Lipinski definition) is 5. The molecule has 1 amide bonds. The van der Waals surface area contributed by atoms with Gasteiger partial charge in [0.05, 0.1) is 30.9 Å². The van der Waals surface area contributed by atoms with E-state index in [0.29, 0.717) is 19.6 Å². The molecular weight excluding hydrogens is 318 g/mol. The molecule has 0 aromatic heterocycles. The fourth-order valence-electron chi connectivity index (χ4n) is 2.46. The average molecular weight is 339 g/mol. The molecule has 1 aromatic carbocycles. The van der Waals surface area contributed by atoms with E-state index in [9.17, 15) is 9.59 Å². The Balaban J connectivity index is 1.85. The van der Waals surface area contributed by atoms with Gasteiger partial charge in [0.15, 0.2) is 0 Å². The molecule has 0 saturated carbocycles. The van der Waals surface area contributed by atoms with Gasteiger partial charge in [-0.3, -0.25) is 9.59 Å². The summed E-state index contributed by atoms with van der Waals surface area (Å²) in [6, 6.07) is 7.52. The number of amides is 1. The number of carbonyl (C=O) groups excluding carboxylic acids is 1. The van der Waals surface area contributed by atoms with Crippen molar-refractivity contribution in [3.63, 3.8) is 0 Å². The maximum absolute atomic E-state index is 12.1. The van der Waals surface area contributed by atoms with Gasteiger partial charge in [-0.05, 0) is 37.6 Å². The van der Waals surface area contributed by atoms with Crippen molar-refractivity contribution in [3.05, 3.63) is 24.3 Å². The summed E-state index contributed by atoms with van der Waals surface area (Å²) in [5.74, 6) is -0.0922. The highest BCUT2D eigenvalue weighted by molar-refractivity contribution is 8.00. The highest BCUT2D eigenvalue weighted by Crippen LogP contribution is 2.24. The number of hydrogen-bond donors (Lipinski definition) is 2. The number of aliphatic carboxylic acids is 1. The Bertz CT molecular complexity index is 540. The van der Waals surface area contributed by atoms with Gasteiger partial charge in [0.2, 0.25) is 5.91 Å². The van der Waals surface area contributed by atoms with E-state index in [1.807, 2.05) is 31.2 Å². The first kappa shape index (κ1) is 17.6. The van der Waals surface area contributed by atoms with Crippen molar-refractivity contribution >= 4 is 23.6 Å². The van der Waals surface area contributed by atoms with E-state index in [0.717, 1.165) is 10.6 Å². The van der Waals surface area contributed by atoms with E-state index in [1.165, 1.54) is 11.8 Å². The molecule has 1 heterocycles. The second kappa shape index (κ2) is 8.21. The van der Waals surface area contributed by atoms with Gasteiger partial charge in [0, 0.05) is 11.5 Å². The molecule has 6 nitrogen and oxygen atoms in total. The van der Waals surface area contributed by atoms with Crippen molar-refractivity contribution in [3.8, 4) is 5.75 Å². The van der Waals surface area contributed by atoms with Crippen LogP contribution in [-0.4, -0.2) is 48.1 Å². The standard InChI is InChI=1S/C16H21NO5S/c1-2-22-12-3-5-13(6-4-12)23-10-14(18)17-16(9-15(19)20)7-8-21-11-16/h3-6H,2,7-11H2,1H3,(H,17,18)(H,19,20). The van der Waals surface area contributed by atoms with Crippen LogP contribution in [0.5, 0.6) is 5.75 Å². The van der Waals surface area contributed by atoms with E-state index in [1.54, 1.807) is 0 Å². The largest absolute Gasteiger partial charge is 0.494 e. The molecule has 1 unspecified atom stereocenters. The monoisotopic (exact) mass is 339 g/mol. The summed E-state index contributed by atoms with van der Waals surface area (Å²) >= 11 is 1.40. The van der Waals surface area contributed by atoms with E-state index in [-0.39, 0.29) is 24.7 Å². The van der Waals surface area contributed by atoms with E-state index < -0.39 is 11.5 Å². The van der Waals surface area contributed by atoms with E-state index in [4.69, 9.17) is 14.6 Å². The number of carboxylic acids is 1. The molecule has 1 fully saturated rings. The summed E-state index contributed by atoms with van der Waals surface area (Å²) in [7, 11) is 0. The molecule has 2 rings (SSSR count). The molecule has 1 atom stereocenters. The first-order valence-corrected chi connectivity index (χ1v) is 8.48. The molecule has 1 aromatic rings. The number of thioether (sulfide) groups is 1. The van der Waals surface area contributed by atoms with Gasteiger partial charge in [-0.15, -0.1) is 11.8 Å². The maximum Gasteiger partial charge on any atom is 0.305 e. The highest BCUT2D eigenvalue weighted by Gasteiger charge is 2.38. The smallest absolute Gasteiger partial charge is 0.305 e. The van der Waals surface area contributed by atoms with Gasteiger partial charge in [0.1, 0.15) is 5.75 Å². The molecule has 0 aliphatic carbocycles. The second-order valence-electron chi connectivity index (χ2n) is 5.39. The minimum absolute atomic E-state index is 0.119. The zero-order valence-corrected chi connectivity index (χ0v) is 13.9. The van der Waals surface area contributed by atoms with Crippen LogP contribution in [-0.2, 0) is 14.3 Å². The molecule has 0 bridgehead atoms. The van der Waals surface area contributed by atoms with Crippen molar-refractivity contribution < 1.29 is 24.2 Å². The van der Waals surface area contributed by atoms with Crippen LogP contribution in [0, 0.1) is 0 Å². The molecule has 1 aliphatic heterocycles. The number of nitrogens with one attached hydrogen (secondary N) is 1. The topological polar surface area (TPSA) is 84.9 Å². The normalized spacial score (nSPS) is 20.2. The highest BCUT2D eigenvalue weighted by atomic mass is 32.2. The van der Waals surface area contributed by atoms with Gasteiger partial charge in [-0.1, -0.05) is 0 Å². The third-order valence-corrected chi connectivity index (χ3v) is 4.51. The van der Waals surface area contributed by atoms with Gasteiger partial charge >= 0.3 is 5.97 Å². The summed E-state index contributed by atoms with van der Waals surface area (Å²) in [6.45, 7) is 3.26. The number of carbonyl (C=O) groups is 2. The van der Waals surface area contributed by atoms with Crippen LogP contribution in [0.25, 0.3) is 0 Å². The zero-order valence-electron chi connectivity index (χ0n) is 13.0. The van der Waals surface area contributed by atoms with Crippen molar-refractivity contribution in [2.24, 2.45) is 0 Å². The van der Waals surface area contributed by atoms with E-state index >= 15 is 0 Å². The Labute approximate surface area is 139 Å². The fraction of sp³-hybridized carbons (Fsp3) is 0.500. The fourth-order valence-corrected chi connectivity index (χ4v) is 3.16. The van der Waals surface area contributed by atoms with Crippen molar-refractivity contribution in [2.75, 3.05) is 25.6 Å².